The summed E-state index contributed by atoms with van der Waals surface area (Å²) >= 11 is 0. The first-order valence-electron chi connectivity index (χ1n) is 6.76. The van der Waals surface area contributed by atoms with Gasteiger partial charge in [-0.05, 0) is 13.0 Å². The molecule has 0 aliphatic rings. The molecule has 22 heavy (non-hydrogen) atoms. The molecule has 1 amide bonds. The summed E-state index contributed by atoms with van der Waals surface area (Å²) in [6, 6.07) is 5.99. The van der Waals surface area contributed by atoms with Gasteiger partial charge in [0.25, 0.3) is 5.56 Å². The quantitative estimate of drug-likeness (QED) is 0.883. The number of carbonyl (C=O) groups is 2. The van der Waals surface area contributed by atoms with E-state index in [1.165, 1.54) is 25.7 Å². The van der Waals surface area contributed by atoms with Gasteiger partial charge in [-0.2, -0.15) is 5.10 Å². The maximum Gasteiger partial charge on any atom is 0.326 e. The first-order valence-corrected chi connectivity index (χ1v) is 6.76. The highest BCUT2D eigenvalue weighted by Gasteiger charge is 2.23. The Morgan fingerprint density at radius 1 is 1.32 bits per heavy atom. The van der Waals surface area contributed by atoms with E-state index < -0.39 is 12.0 Å². The number of rotatable bonds is 4. The Morgan fingerprint density at radius 3 is 2.50 bits per heavy atom. The fraction of sp³-hybridized carbons (Fsp3) is 0.333. The van der Waals surface area contributed by atoms with Crippen LogP contribution in [0.5, 0.6) is 0 Å². The molecule has 116 valence electrons. The summed E-state index contributed by atoms with van der Waals surface area (Å²) in [7, 11) is 2.96. The number of benzene rings is 1. The number of hydrogen-bond donors (Lipinski definition) is 1. The Bertz CT molecular complexity index is 797. The maximum atomic E-state index is 12.2. The average Bonchev–Trinajstić information content (AvgIpc) is 2.50. The number of carbonyl (C=O) groups excluding carboxylic acids is 1. The van der Waals surface area contributed by atoms with Gasteiger partial charge in [-0.25, -0.2) is 9.48 Å². The van der Waals surface area contributed by atoms with Gasteiger partial charge in [0, 0.05) is 19.5 Å². The Labute approximate surface area is 126 Å². The smallest absolute Gasteiger partial charge is 0.326 e. The van der Waals surface area contributed by atoms with Crippen LogP contribution >= 0.6 is 0 Å². The Kier molecular flexibility index (Phi) is 4.25. The van der Waals surface area contributed by atoms with E-state index in [2.05, 4.69) is 5.10 Å². The topological polar surface area (TPSA) is 92.5 Å². The maximum absolute atomic E-state index is 12.2. The highest BCUT2D eigenvalue weighted by atomic mass is 16.4. The van der Waals surface area contributed by atoms with E-state index in [9.17, 15) is 14.4 Å². The van der Waals surface area contributed by atoms with Crippen LogP contribution in [0.25, 0.3) is 10.8 Å². The molecule has 0 radical (unpaired) electrons. The highest BCUT2D eigenvalue weighted by Crippen LogP contribution is 2.14. The molecule has 1 heterocycles. The minimum atomic E-state index is -1.07. The largest absolute Gasteiger partial charge is 0.480 e. The van der Waals surface area contributed by atoms with E-state index in [-0.39, 0.29) is 17.9 Å². The van der Waals surface area contributed by atoms with Gasteiger partial charge in [-0.15, -0.1) is 0 Å². The van der Waals surface area contributed by atoms with E-state index in [0.29, 0.717) is 16.5 Å². The van der Waals surface area contributed by atoms with Crippen LogP contribution in [-0.4, -0.2) is 44.8 Å². The summed E-state index contributed by atoms with van der Waals surface area (Å²) in [5.41, 5.74) is 0.214. The van der Waals surface area contributed by atoms with Crippen LogP contribution in [0.1, 0.15) is 12.6 Å². The van der Waals surface area contributed by atoms with Crippen LogP contribution < -0.4 is 5.56 Å². The van der Waals surface area contributed by atoms with Crippen molar-refractivity contribution in [2.75, 3.05) is 7.05 Å². The number of hydrogen-bond acceptors (Lipinski definition) is 4. The molecule has 2 rings (SSSR count). The molecule has 1 N–H and O–H groups in total. The number of aryl methyl sites for hydroxylation is 1. The SMILES string of the molecule is CC(C(=O)O)N(C)C(=O)Cc1nn(C)c(=O)c2ccccc12. The molecule has 1 unspecified atom stereocenters. The summed E-state index contributed by atoms with van der Waals surface area (Å²) in [4.78, 5) is 36.4. The van der Waals surface area contributed by atoms with Crippen molar-refractivity contribution in [3.63, 3.8) is 0 Å². The first kappa shape index (κ1) is 15.7. The van der Waals surface area contributed by atoms with Crippen LogP contribution in [0.15, 0.2) is 29.1 Å². The van der Waals surface area contributed by atoms with E-state index in [4.69, 9.17) is 5.11 Å². The predicted octanol–water partition coefficient (Wildman–Crippen LogP) is 0.408. The molecule has 0 saturated heterocycles. The van der Waals surface area contributed by atoms with E-state index in [1.807, 2.05) is 0 Å². The van der Waals surface area contributed by atoms with Crippen molar-refractivity contribution >= 4 is 22.6 Å². The minimum absolute atomic E-state index is 0.0667. The molecule has 0 aliphatic carbocycles. The number of aliphatic carboxylic acids is 1. The molecule has 0 aliphatic heterocycles. The monoisotopic (exact) mass is 303 g/mol. The van der Waals surface area contributed by atoms with Crippen LogP contribution in [0.2, 0.25) is 0 Å². The Hall–Kier alpha value is -2.70. The third kappa shape index (κ3) is 2.83. The van der Waals surface area contributed by atoms with Crippen molar-refractivity contribution in [1.29, 1.82) is 0 Å². The summed E-state index contributed by atoms with van der Waals surface area (Å²) in [6.45, 7) is 1.44. The second-order valence-corrected chi connectivity index (χ2v) is 5.12. The molecule has 0 fully saturated rings. The third-order valence-corrected chi connectivity index (χ3v) is 3.68. The lowest BCUT2D eigenvalue weighted by atomic mass is 10.1. The summed E-state index contributed by atoms with van der Waals surface area (Å²) in [6.07, 6.45) is -0.0667. The fourth-order valence-electron chi connectivity index (χ4n) is 2.16. The van der Waals surface area contributed by atoms with E-state index in [0.717, 1.165) is 4.90 Å². The standard InChI is InChI=1S/C15H17N3O4/c1-9(15(21)22)17(2)13(19)8-12-10-6-4-5-7-11(10)14(20)18(3)16-12/h4-7,9H,8H2,1-3H3,(H,21,22). The molecule has 0 spiro atoms. The number of fused-ring (bicyclic) bond motifs is 1. The zero-order chi connectivity index (χ0) is 16.4. The number of aromatic nitrogens is 2. The van der Waals surface area contributed by atoms with Gasteiger partial charge in [0.15, 0.2) is 0 Å². The minimum Gasteiger partial charge on any atom is -0.480 e. The molecule has 2 aromatic rings. The zero-order valence-electron chi connectivity index (χ0n) is 12.6. The lowest BCUT2D eigenvalue weighted by molar-refractivity contribution is -0.148. The second-order valence-electron chi connectivity index (χ2n) is 5.12. The van der Waals surface area contributed by atoms with Gasteiger partial charge < -0.3 is 10.0 Å². The van der Waals surface area contributed by atoms with Crippen molar-refractivity contribution in [2.24, 2.45) is 7.05 Å². The number of likely N-dealkylation sites (N-methyl/N-ethyl adjacent to an activating group) is 1. The molecule has 7 nitrogen and oxygen atoms in total. The first-order chi connectivity index (χ1) is 10.3. The van der Waals surface area contributed by atoms with Gasteiger partial charge in [-0.3, -0.25) is 9.59 Å². The Morgan fingerprint density at radius 2 is 1.91 bits per heavy atom. The molecule has 7 heteroatoms. The second kappa shape index (κ2) is 5.97. The van der Waals surface area contributed by atoms with Crippen molar-refractivity contribution in [2.45, 2.75) is 19.4 Å². The predicted molar refractivity (Wildman–Crippen MR) is 80.6 cm³/mol. The summed E-state index contributed by atoms with van der Waals surface area (Å²) in [5.74, 6) is -1.44. The number of carboxylic acid groups (broad SMARTS) is 1. The van der Waals surface area contributed by atoms with Gasteiger partial charge in [-0.1, -0.05) is 18.2 Å². The van der Waals surface area contributed by atoms with Crippen molar-refractivity contribution in [3.05, 3.63) is 40.3 Å². The van der Waals surface area contributed by atoms with Gasteiger partial charge in [0.05, 0.1) is 17.5 Å². The molecule has 0 bridgehead atoms. The summed E-state index contributed by atoms with van der Waals surface area (Å²) < 4.78 is 1.19. The number of nitrogens with zero attached hydrogens (tertiary/aromatic N) is 3. The molecule has 1 aromatic heterocycles. The van der Waals surface area contributed by atoms with Crippen molar-refractivity contribution < 1.29 is 14.7 Å². The summed E-state index contributed by atoms with van der Waals surface area (Å²) in [5, 5.41) is 14.2. The Balaban J connectivity index is 2.40. The average molecular weight is 303 g/mol. The normalized spacial score (nSPS) is 12.1. The lowest BCUT2D eigenvalue weighted by Crippen LogP contribution is -2.41. The highest BCUT2D eigenvalue weighted by molar-refractivity contribution is 5.89. The lowest BCUT2D eigenvalue weighted by Gasteiger charge is -2.21. The van der Waals surface area contributed by atoms with Crippen molar-refractivity contribution in [1.82, 2.24) is 14.7 Å². The van der Waals surface area contributed by atoms with Gasteiger partial charge in [0.2, 0.25) is 5.91 Å². The van der Waals surface area contributed by atoms with E-state index in [1.54, 1.807) is 24.3 Å². The van der Waals surface area contributed by atoms with Crippen LogP contribution in [0.4, 0.5) is 0 Å². The van der Waals surface area contributed by atoms with E-state index >= 15 is 0 Å². The molecular formula is C15H17N3O4. The van der Waals surface area contributed by atoms with Gasteiger partial charge in [0.1, 0.15) is 6.04 Å². The number of carboxylic acids is 1. The zero-order valence-corrected chi connectivity index (χ0v) is 12.6. The molecule has 1 aromatic carbocycles. The molecular weight excluding hydrogens is 286 g/mol. The van der Waals surface area contributed by atoms with Crippen molar-refractivity contribution in [3.8, 4) is 0 Å². The number of amides is 1. The fourth-order valence-corrected chi connectivity index (χ4v) is 2.16. The van der Waals surface area contributed by atoms with Crippen LogP contribution in [0.3, 0.4) is 0 Å². The molecule has 1 atom stereocenters. The van der Waals surface area contributed by atoms with Crippen LogP contribution in [-0.2, 0) is 23.1 Å². The van der Waals surface area contributed by atoms with Gasteiger partial charge >= 0.3 is 5.97 Å². The molecule has 0 saturated carbocycles. The van der Waals surface area contributed by atoms with Crippen LogP contribution in [0, 0.1) is 0 Å². The third-order valence-electron chi connectivity index (χ3n) is 3.68.